The van der Waals surface area contributed by atoms with E-state index in [-0.39, 0.29) is 5.91 Å². The number of amides is 1. The zero-order valence-corrected chi connectivity index (χ0v) is 13.8. The predicted octanol–water partition coefficient (Wildman–Crippen LogP) is 4.31. The van der Waals surface area contributed by atoms with E-state index in [0.717, 1.165) is 22.1 Å². The number of halogens is 1. The van der Waals surface area contributed by atoms with Crippen LogP contribution >= 0.6 is 15.9 Å². The van der Waals surface area contributed by atoms with Crippen LogP contribution in [0.3, 0.4) is 0 Å². The van der Waals surface area contributed by atoms with E-state index < -0.39 is 0 Å². The van der Waals surface area contributed by atoms with E-state index in [0.29, 0.717) is 17.8 Å². The summed E-state index contributed by atoms with van der Waals surface area (Å²) in [4.78, 5) is 14.8. The molecule has 2 aromatic carbocycles. The zero-order chi connectivity index (χ0) is 15.8. The van der Waals surface area contributed by atoms with E-state index in [1.165, 1.54) is 11.8 Å². The molecule has 1 aliphatic heterocycles. The largest absolute Gasteiger partial charge is 0.363 e. The van der Waals surface area contributed by atoms with E-state index in [2.05, 4.69) is 27.2 Å². The minimum Gasteiger partial charge on any atom is -0.363 e. The Bertz CT molecular complexity index is 874. The number of rotatable bonds is 2. The highest BCUT2D eigenvalue weighted by atomic mass is 79.9. The van der Waals surface area contributed by atoms with Crippen molar-refractivity contribution in [1.29, 1.82) is 0 Å². The summed E-state index contributed by atoms with van der Waals surface area (Å²) in [7, 11) is 0. The van der Waals surface area contributed by atoms with Crippen molar-refractivity contribution in [2.24, 2.45) is 0 Å². The summed E-state index contributed by atoms with van der Waals surface area (Å²) in [5.74, 6) is -0.0776. The highest BCUT2D eigenvalue weighted by Gasteiger charge is 2.29. The fourth-order valence-corrected chi connectivity index (χ4v) is 3.33. The van der Waals surface area contributed by atoms with Crippen molar-refractivity contribution in [3.8, 4) is 11.3 Å². The van der Waals surface area contributed by atoms with Gasteiger partial charge in [0.05, 0.1) is 0 Å². The monoisotopic (exact) mass is 368 g/mol. The molecule has 4 rings (SSSR count). The highest BCUT2D eigenvalue weighted by Crippen LogP contribution is 2.33. The summed E-state index contributed by atoms with van der Waals surface area (Å²) in [5.41, 5.74) is 4.08. The lowest BCUT2D eigenvalue weighted by molar-refractivity contribution is 0.0989. The van der Waals surface area contributed by atoms with Gasteiger partial charge in [0.1, 0.15) is 17.5 Å². The number of anilines is 1. The Morgan fingerprint density at radius 2 is 2.00 bits per heavy atom. The van der Waals surface area contributed by atoms with Gasteiger partial charge in [-0.15, -0.1) is 0 Å². The molecule has 1 amide bonds. The van der Waals surface area contributed by atoms with Crippen LogP contribution in [0.5, 0.6) is 0 Å². The molecule has 1 aromatic heterocycles. The molecule has 2 heterocycles. The Labute approximate surface area is 141 Å². The Balaban J connectivity index is 1.72. The fraction of sp³-hybridized carbons (Fsp3) is 0.111. The van der Waals surface area contributed by atoms with Gasteiger partial charge in [0, 0.05) is 22.3 Å². The van der Waals surface area contributed by atoms with Gasteiger partial charge in [0.2, 0.25) is 0 Å². The lowest BCUT2D eigenvalue weighted by Gasteiger charge is -2.17. The second-order valence-electron chi connectivity index (χ2n) is 5.42. The predicted molar refractivity (Wildman–Crippen MR) is 91.5 cm³/mol. The molecule has 3 aromatic rings. The molecule has 0 fully saturated rings. The minimum absolute atomic E-state index is 0.0776. The molecule has 0 aliphatic carbocycles. The van der Waals surface area contributed by atoms with Crippen molar-refractivity contribution in [1.82, 2.24) is 5.16 Å². The minimum atomic E-state index is -0.0776. The van der Waals surface area contributed by atoms with Gasteiger partial charge in [-0.2, -0.15) is 0 Å². The van der Waals surface area contributed by atoms with E-state index in [1.807, 2.05) is 42.5 Å². The first-order chi connectivity index (χ1) is 11.2. The van der Waals surface area contributed by atoms with Gasteiger partial charge in [-0.1, -0.05) is 51.4 Å². The SMILES string of the molecule is O=C(c1conc1-c1ccccc1)N1CCc2cc(Br)ccc21. The van der Waals surface area contributed by atoms with Crippen LogP contribution in [0, 0.1) is 0 Å². The molecular weight excluding hydrogens is 356 g/mol. The summed E-state index contributed by atoms with van der Waals surface area (Å²) in [5, 5.41) is 4.02. The molecule has 114 valence electrons. The van der Waals surface area contributed by atoms with E-state index >= 15 is 0 Å². The summed E-state index contributed by atoms with van der Waals surface area (Å²) >= 11 is 3.47. The zero-order valence-electron chi connectivity index (χ0n) is 12.2. The maximum absolute atomic E-state index is 13.0. The number of fused-ring (bicyclic) bond motifs is 1. The molecule has 1 aliphatic rings. The number of aromatic nitrogens is 1. The Morgan fingerprint density at radius 1 is 1.17 bits per heavy atom. The molecule has 0 saturated carbocycles. The first-order valence-corrected chi connectivity index (χ1v) is 8.13. The van der Waals surface area contributed by atoms with Crippen LogP contribution in [0.2, 0.25) is 0 Å². The molecule has 0 radical (unpaired) electrons. The Morgan fingerprint density at radius 3 is 2.83 bits per heavy atom. The Kier molecular flexibility index (Phi) is 3.50. The topological polar surface area (TPSA) is 46.3 Å². The number of nitrogens with zero attached hydrogens (tertiary/aromatic N) is 2. The van der Waals surface area contributed by atoms with Crippen LogP contribution in [0.25, 0.3) is 11.3 Å². The normalized spacial score (nSPS) is 13.2. The standard InChI is InChI=1S/C18H13BrN2O2/c19-14-6-7-16-13(10-14)8-9-21(16)18(22)15-11-23-20-17(15)12-4-2-1-3-5-12/h1-7,10-11H,8-9H2. The van der Waals surface area contributed by atoms with Crippen molar-refractivity contribution in [3.05, 3.63) is 70.4 Å². The number of hydrogen-bond donors (Lipinski definition) is 0. The van der Waals surface area contributed by atoms with Crippen LogP contribution in [0.4, 0.5) is 5.69 Å². The average Bonchev–Trinajstić information content (AvgIpc) is 3.21. The summed E-state index contributed by atoms with van der Waals surface area (Å²) in [6, 6.07) is 15.6. The summed E-state index contributed by atoms with van der Waals surface area (Å²) < 4.78 is 6.11. The second kappa shape index (κ2) is 5.66. The van der Waals surface area contributed by atoms with Gasteiger partial charge in [0.25, 0.3) is 5.91 Å². The molecule has 0 unspecified atom stereocenters. The lowest BCUT2D eigenvalue weighted by atomic mass is 10.1. The maximum Gasteiger partial charge on any atom is 0.263 e. The van der Waals surface area contributed by atoms with Crippen molar-refractivity contribution < 1.29 is 9.32 Å². The number of carbonyl (C=O) groups excluding carboxylic acids is 1. The lowest BCUT2D eigenvalue weighted by Crippen LogP contribution is -2.29. The summed E-state index contributed by atoms with van der Waals surface area (Å²) in [6.07, 6.45) is 2.29. The quantitative estimate of drug-likeness (QED) is 0.677. The third kappa shape index (κ3) is 2.47. The number of hydrogen-bond acceptors (Lipinski definition) is 3. The van der Waals surface area contributed by atoms with Gasteiger partial charge in [-0.25, -0.2) is 0 Å². The van der Waals surface area contributed by atoms with E-state index in [4.69, 9.17) is 4.52 Å². The first kappa shape index (κ1) is 14.2. The van der Waals surface area contributed by atoms with Gasteiger partial charge in [-0.05, 0) is 30.2 Å². The molecule has 0 N–H and O–H groups in total. The maximum atomic E-state index is 13.0. The third-order valence-electron chi connectivity index (χ3n) is 4.03. The van der Waals surface area contributed by atoms with Crippen molar-refractivity contribution in [2.75, 3.05) is 11.4 Å². The number of benzene rings is 2. The van der Waals surface area contributed by atoms with Crippen LogP contribution in [0.1, 0.15) is 15.9 Å². The van der Waals surface area contributed by atoms with Crippen LogP contribution in [-0.2, 0) is 6.42 Å². The van der Waals surface area contributed by atoms with E-state index in [1.54, 1.807) is 4.90 Å². The molecule has 0 spiro atoms. The van der Waals surface area contributed by atoms with Crippen LogP contribution in [-0.4, -0.2) is 17.6 Å². The smallest absolute Gasteiger partial charge is 0.263 e. The van der Waals surface area contributed by atoms with Gasteiger partial charge < -0.3 is 9.42 Å². The van der Waals surface area contributed by atoms with Gasteiger partial charge >= 0.3 is 0 Å². The highest BCUT2D eigenvalue weighted by molar-refractivity contribution is 9.10. The molecule has 0 saturated heterocycles. The average molecular weight is 369 g/mol. The second-order valence-corrected chi connectivity index (χ2v) is 6.34. The molecular formula is C18H13BrN2O2. The molecule has 4 nitrogen and oxygen atoms in total. The van der Waals surface area contributed by atoms with Gasteiger partial charge in [-0.3, -0.25) is 4.79 Å². The summed E-state index contributed by atoms with van der Waals surface area (Å²) in [6.45, 7) is 0.671. The Hall–Kier alpha value is -2.40. The molecule has 0 bridgehead atoms. The molecule has 5 heteroatoms. The van der Waals surface area contributed by atoms with Crippen LogP contribution in [0.15, 0.2) is 63.8 Å². The van der Waals surface area contributed by atoms with Crippen LogP contribution < -0.4 is 4.90 Å². The van der Waals surface area contributed by atoms with Gasteiger partial charge in [0.15, 0.2) is 0 Å². The first-order valence-electron chi connectivity index (χ1n) is 7.34. The van der Waals surface area contributed by atoms with E-state index in [9.17, 15) is 4.79 Å². The fourth-order valence-electron chi connectivity index (χ4n) is 2.92. The van der Waals surface area contributed by atoms with Crippen molar-refractivity contribution in [3.63, 3.8) is 0 Å². The van der Waals surface area contributed by atoms with Crippen molar-refractivity contribution in [2.45, 2.75) is 6.42 Å². The third-order valence-corrected chi connectivity index (χ3v) is 4.52. The molecule has 23 heavy (non-hydrogen) atoms. The molecule has 0 atom stereocenters. The van der Waals surface area contributed by atoms with Crippen molar-refractivity contribution >= 4 is 27.5 Å². The number of carbonyl (C=O) groups is 1.